The summed E-state index contributed by atoms with van der Waals surface area (Å²) in [5.41, 5.74) is 1.52. The van der Waals surface area contributed by atoms with Crippen LogP contribution in [0.5, 0.6) is 0 Å². The number of benzene rings is 1. The van der Waals surface area contributed by atoms with Crippen LogP contribution in [0.3, 0.4) is 0 Å². The second-order valence-corrected chi connectivity index (χ2v) is 5.26. The average molecular weight is 325 g/mol. The zero-order valence-corrected chi connectivity index (χ0v) is 13.1. The Balaban J connectivity index is 1.87. The van der Waals surface area contributed by atoms with Crippen LogP contribution in [0.2, 0.25) is 0 Å². The van der Waals surface area contributed by atoms with Crippen LogP contribution in [-0.4, -0.2) is 30.1 Å². The van der Waals surface area contributed by atoms with Crippen molar-refractivity contribution in [3.8, 4) is 11.4 Å². The fraction of sp³-hybridized carbons (Fsp3) is 0.200. The van der Waals surface area contributed by atoms with Gasteiger partial charge in [0.25, 0.3) is 5.69 Å². The molecular weight excluding hydrogens is 310 g/mol. The number of non-ortho nitro benzene ring substituents is 1. The molecule has 9 nitrogen and oxygen atoms in total. The molecule has 24 heavy (non-hydrogen) atoms. The monoisotopic (exact) mass is 325 g/mol. The molecule has 0 saturated carbocycles. The standard InChI is InChI=1S/C15H15N7O2/c1-9-7-13(19-10(2)14-16-8-17-21-14)20-15(18-9)11-3-5-12(6-4-11)22(23)24/h3-8,10H,1-2H3,(H,16,17,21)(H,18,19,20). The van der Waals surface area contributed by atoms with Crippen molar-refractivity contribution in [1.29, 1.82) is 0 Å². The Labute approximate surface area is 137 Å². The predicted octanol–water partition coefficient (Wildman–Crippen LogP) is 2.65. The van der Waals surface area contributed by atoms with Crippen molar-refractivity contribution in [3.05, 3.63) is 58.3 Å². The van der Waals surface area contributed by atoms with E-state index >= 15 is 0 Å². The maximum absolute atomic E-state index is 10.7. The summed E-state index contributed by atoms with van der Waals surface area (Å²) < 4.78 is 0. The van der Waals surface area contributed by atoms with Crippen molar-refractivity contribution in [2.45, 2.75) is 19.9 Å². The summed E-state index contributed by atoms with van der Waals surface area (Å²) in [5.74, 6) is 1.83. The average Bonchev–Trinajstić information content (AvgIpc) is 3.09. The van der Waals surface area contributed by atoms with Crippen LogP contribution in [0.1, 0.15) is 24.5 Å². The molecule has 0 aliphatic heterocycles. The summed E-state index contributed by atoms with van der Waals surface area (Å²) in [7, 11) is 0. The van der Waals surface area contributed by atoms with Gasteiger partial charge in [-0.3, -0.25) is 15.2 Å². The van der Waals surface area contributed by atoms with Gasteiger partial charge in [-0.2, -0.15) is 5.10 Å². The fourth-order valence-electron chi connectivity index (χ4n) is 2.22. The summed E-state index contributed by atoms with van der Waals surface area (Å²) in [6, 6.07) is 7.86. The van der Waals surface area contributed by atoms with Gasteiger partial charge in [0.1, 0.15) is 18.0 Å². The number of H-pyrrole nitrogens is 1. The van der Waals surface area contributed by atoms with Crippen LogP contribution in [-0.2, 0) is 0 Å². The highest BCUT2D eigenvalue weighted by Gasteiger charge is 2.12. The van der Waals surface area contributed by atoms with E-state index in [-0.39, 0.29) is 11.7 Å². The molecule has 3 aromatic rings. The van der Waals surface area contributed by atoms with Gasteiger partial charge in [-0.1, -0.05) is 0 Å². The molecule has 1 aromatic carbocycles. The molecular formula is C15H15N7O2. The van der Waals surface area contributed by atoms with Crippen LogP contribution in [0.25, 0.3) is 11.4 Å². The molecule has 0 aliphatic rings. The minimum absolute atomic E-state index is 0.0312. The second-order valence-electron chi connectivity index (χ2n) is 5.26. The Morgan fingerprint density at radius 3 is 2.62 bits per heavy atom. The number of aryl methyl sites for hydroxylation is 1. The van der Waals surface area contributed by atoms with Crippen LogP contribution in [0.4, 0.5) is 11.5 Å². The number of hydrogen-bond donors (Lipinski definition) is 2. The molecule has 0 saturated heterocycles. The third kappa shape index (κ3) is 3.35. The topological polar surface area (TPSA) is 123 Å². The Bertz CT molecular complexity index is 847. The first kappa shape index (κ1) is 15.5. The van der Waals surface area contributed by atoms with E-state index in [9.17, 15) is 10.1 Å². The Morgan fingerprint density at radius 2 is 2.00 bits per heavy atom. The lowest BCUT2D eigenvalue weighted by molar-refractivity contribution is -0.384. The van der Waals surface area contributed by atoms with Crippen LogP contribution < -0.4 is 5.32 Å². The number of nitrogens with one attached hydrogen (secondary N) is 2. The molecule has 0 radical (unpaired) electrons. The highest BCUT2D eigenvalue weighted by atomic mass is 16.6. The lowest BCUT2D eigenvalue weighted by atomic mass is 10.2. The van der Waals surface area contributed by atoms with Gasteiger partial charge in [-0.15, -0.1) is 0 Å². The molecule has 0 bridgehead atoms. The fourth-order valence-corrected chi connectivity index (χ4v) is 2.22. The van der Waals surface area contributed by atoms with E-state index in [0.717, 1.165) is 5.69 Å². The van der Waals surface area contributed by atoms with E-state index < -0.39 is 4.92 Å². The van der Waals surface area contributed by atoms with E-state index in [1.165, 1.54) is 18.5 Å². The van der Waals surface area contributed by atoms with Gasteiger partial charge in [0, 0.05) is 29.5 Å². The van der Waals surface area contributed by atoms with Crippen LogP contribution in [0.15, 0.2) is 36.7 Å². The molecule has 3 rings (SSSR count). The van der Waals surface area contributed by atoms with E-state index in [0.29, 0.717) is 23.0 Å². The second kappa shape index (κ2) is 6.41. The zero-order valence-electron chi connectivity index (χ0n) is 13.1. The van der Waals surface area contributed by atoms with Gasteiger partial charge in [0.15, 0.2) is 5.82 Å². The normalized spacial score (nSPS) is 11.9. The SMILES string of the molecule is Cc1cc(NC(C)c2ncn[nH]2)nc(-c2ccc([N+](=O)[O-])cc2)n1. The molecule has 0 spiro atoms. The lowest BCUT2D eigenvalue weighted by Crippen LogP contribution is -2.10. The number of nitro benzene ring substituents is 1. The van der Waals surface area contributed by atoms with Gasteiger partial charge in [-0.05, 0) is 26.0 Å². The Hall–Kier alpha value is -3.36. The maximum Gasteiger partial charge on any atom is 0.269 e. The molecule has 1 unspecified atom stereocenters. The maximum atomic E-state index is 10.7. The number of rotatable bonds is 5. The molecule has 0 aliphatic carbocycles. The summed E-state index contributed by atoms with van der Waals surface area (Å²) >= 11 is 0. The number of aromatic nitrogens is 5. The predicted molar refractivity (Wildman–Crippen MR) is 87.3 cm³/mol. The summed E-state index contributed by atoms with van der Waals surface area (Å²) in [6.45, 7) is 3.80. The Morgan fingerprint density at radius 1 is 1.25 bits per heavy atom. The number of aromatic amines is 1. The first-order valence-corrected chi connectivity index (χ1v) is 7.25. The van der Waals surface area contributed by atoms with Crippen molar-refractivity contribution < 1.29 is 4.92 Å². The van der Waals surface area contributed by atoms with Gasteiger partial charge < -0.3 is 5.32 Å². The van der Waals surface area contributed by atoms with Crippen molar-refractivity contribution in [2.75, 3.05) is 5.32 Å². The third-order valence-corrected chi connectivity index (χ3v) is 3.40. The molecule has 2 N–H and O–H groups in total. The molecule has 2 aromatic heterocycles. The largest absolute Gasteiger partial charge is 0.360 e. The minimum atomic E-state index is -0.438. The first-order chi connectivity index (χ1) is 11.5. The van der Waals surface area contributed by atoms with Gasteiger partial charge in [0.2, 0.25) is 0 Å². The van der Waals surface area contributed by atoms with Crippen LogP contribution >= 0.6 is 0 Å². The van der Waals surface area contributed by atoms with E-state index in [1.807, 2.05) is 19.9 Å². The van der Waals surface area contributed by atoms with E-state index in [2.05, 4.69) is 30.5 Å². The third-order valence-electron chi connectivity index (χ3n) is 3.40. The molecule has 0 amide bonds. The van der Waals surface area contributed by atoms with E-state index in [4.69, 9.17) is 0 Å². The molecule has 0 fully saturated rings. The molecule has 2 heterocycles. The van der Waals surface area contributed by atoms with Gasteiger partial charge in [0.05, 0.1) is 11.0 Å². The van der Waals surface area contributed by atoms with Crippen molar-refractivity contribution in [3.63, 3.8) is 0 Å². The quantitative estimate of drug-likeness (QED) is 0.546. The molecule has 122 valence electrons. The van der Waals surface area contributed by atoms with Crippen LogP contribution in [0, 0.1) is 17.0 Å². The van der Waals surface area contributed by atoms with Crippen molar-refractivity contribution >= 4 is 11.5 Å². The van der Waals surface area contributed by atoms with Crippen molar-refractivity contribution in [2.24, 2.45) is 0 Å². The number of nitro groups is 1. The highest BCUT2D eigenvalue weighted by Crippen LogP contribution is 2.22. The van der Waals surface area contributed by atoms with E-state index in [1.54, 1.807) is 12.1 Å². The number of nitrogens with zero attached hydrogens (tertiary/aromatic N) is 5. The molecule has 1 atom stereocenters. The smallest absolute Gasteiger partial charge is 0.269 e. The van der Waals surface area contributed by atoms with Gasteiger partial charge in [-0.25, -0.2) is 15.0 Å². The zero-order chi connectivity index (χ0) is 17.1. The summed E-state index contributed by atoms with van der Waals surface area (Å²) in [5, 5.41) is 20.6. The molecule has 9 heteroatoms. The van der Waals surface area contributed by atoms with Gasteiger partial charge >= 0.3 is 0 Å². The minimum Gasteiger partial charge on any atom is -0.360 e. The highest BCUT2D eigenvalue weighted by molar-refractivity contribution is 5.59. The first-order valence-electron chi connectivity index (χ1n) is 7.25. The lowest BCUT2D eigenvalue weighted by Gasteiger charge is -2.13. The Kier molecular flexibility index (Phi) is 4.15. The number of anilines is 1. The number of hydrogen-bond acceptors (Lipinski definition) is 7. The summed E-state index contributed by atoms with van der Waals surface area (Å²) in [6.07, 6.45) is 1.45. The van der Waals surface area contributed by atoms with Crippen molar-refractivity contribution in [1.82, 2.24) is 25.1 Å². The summed E-state index contributed by atoms with van der Waals surface area (Å²) in [4.78, 5) is 23.3.